The quantitative estimate of drug-likeness (QED) is 0.873. The summed E-state index contributed by atoms with van der Waals surface area (Å²) < 4.78 is 5.49. The van der Waals surface area contributed by atoms with E-state index in [9.17, 15) is 0 Å². The molecule has 0 bridgehead atoms. The van der Waals surface area contributed by atoms with Gasteiger partial charge in [-0.05, 0) is 37.6 Å². The second kappa shape index (κ2) is 7.99. The summed E-state index contributed by atoms with van der Waals surface area (Å²) in [5.41, 5.74) is 1.28. The predicted molar refractivity (Wildman–Crippen MR) is 84.3 cm³/mol. The molecule has 3 nitrogen and oxygen atoms in total. The number of nitrogens with one attached hydrogen (secondary N) is 1. The maximum absolute atomic E-state index is 6.11. The molecule has 0 spiro atoms. The number of benzene rings is 1. The van der Waals surface area contributed by atoms with Gasteiger partial charge in [-0.15, -0.1) is 0 Å². The van der Waals surface area contributed by atoms with Crippen molar-refractivity contribution in [3.8, 4) is 0 Å². The smallest absolute Gasteiger partial charge is 0.0619 e. The minimum Gasteiger partial charge on any atom is -0.379 e. The molecule has 1 aliphatic heterocycles. The third-order valence-corrected chi connectivity index (χ3v) is 4.15. The third kappa shape index (κ3) is 4.45. The number of nitrogens with zero attached hydrogens (tertiary/aromatic N) is 1. The fourth-order valence-electron chi connectivity index (χ4n) is 2.74. The van der Waals surface area contributed by atoms with Crippen LogP contribution in [0.1, 0.15) is 31.9 Å². The zero-order valence-electron chi connectivity index (χ0n) is 12.4. The summed E-state index contributed by atoms with van der Waals surface area (Å²) in [7, 11) is 0. The van der Waals surface area contributed by atoms with Crippen LogP contribution in [0.15, 0.2) is 24.3 Å². The first-order valence-corrected chi connectivity index (χ1v) is 7.89. The molecule has 4 heteroatoms. The molecular formula is C16H25ClN2O. The fraction of sp³-hybridized carbons (Fsp3) is 0.625. The normalized spacial score (nSPS) is 21.9. The van der Waals surface area contributed by atoms with Crippen LogP contribution in [-0.4, -0.2) is 43.8 Å². The second-order valence-electron chi connectivity index (χ2n) is 5.41. The van der Waals surface area contributed by atoms with Gasteiger partial charge in [0.25, 0.3) is 0 Å². The first-order chi connectivity index (χ1) is 9.70. The summed E-state index contributed by atoms with van der Waals surface area (Å²) in [5.74, 6) is 0. The van der Waals surface area contributed by atoms with Crippen LogP contribution in [0, 0.1) is 0 Å². The lowest BCUT2D eigenvalue weighted by atomic mass is 10.0. The number of hydrogen-bond donors (Lipinski definition) is 1. The standard InChI is InChI=1S/C16H25ClN2O/c1-3-18-16(14-5-4-6-15(17)11-14)7-8-19-9-10-20-12-13(19)2/h4-6,11,13,16,18H,3,7-10,12H2,1-2H3. The molecule has 1 fully saturated rings. The van der Waals surface area contributed by atoms with Crippen molar-refractivity contribution >= 4 is 11.6 Å². The molecule has 0 aliphatic carbocycles. The molecule has 0 aromatic heterocycles. The van der Waals surface area contributed by atoms with Crippen molar-refractivity contribution in [2.24, 2.45) is 0 Å². The van der Waals surface area contributed by atoms with Crippen LogP contribution in [0.25, 0.3) is 0 Å². The highest BCUT2D eigenvalue weighted by molar-refractivity contribution is 6.30. The van der Waals surface area contributed by atoms with Crippen LogP contribution in [0.4, 0.5) is 0 Å². The van der Waals surface area contributed by atoms with Gasteiger partial charge in [0.2, 0.25) is 0 Å². The Morgan fingerprint density at radius 3 is 3.05 bits per heavy atom. The maximum atomic E-state index is 6.11. The van der Waals surface area contributed by atoms with E-state index in [1.807, 2.05) is 12.1 Å². The van der Waals surface area contributed by atoms with Crippen LogP contribution < -0.4 is 5.32 Å². The van der Waals surface area contributed by atoms with Gasteiger partial charge in [-0.3, -0.25) is 4.90 Å². The van der Waals surface area contributed by atoms with E-state index >= 15 is 0 Å². The lowest BCUT2D eigenvalue weighted by molar-refractivity contribution is -0.00180. The molecule has 0 radical (unpaired) electrons. The predicted octanol–water partition coefficient (Wildman–Crippen LogP) is 3.10. The first-order valence-electron chi connectivity index (χ1n) is 7.51. The van der Waals surface area contributed by atoms with Crippen LogP contribution >= 0.6 is 11.6 Å². The van der Waals surface area contributed by atoms with Crippen molar-refractivity contribution in [2.75, 3.05) is 32.8 Å². The van der Waals surface area contributed by atoms with E-state index in [2.05, 4.69) is 36.2 Å². The Hall–Kier alpha value is -0.610. The van der Waals surface area contributed by atoms with E-state index in [0.29, 0.717) is 12.1 Å². The third-order valence-electron chi connectivity index (χ3n) is 3.91. The summed E-state index contributed by atoms with van der Waals surface area (Å²) >= 11 is 6.11. The Morgan fingerprint density at radius 2 is 2.35 bits per heavy atom. The van der Waals surface area contributed by atoms with Gasteiger partial charge in [0.1, 0.15) is 0 Å². The first kappa shape index (κ1) is 15.8. The number of rotatable bonds is 6. The van der Waals surface area contributed by atoms with Gasteiger partial charge in [0.15, 0.2) is 0 Å². The van der Waals surface area contributed by atoms with Crippen molar-refractivity contribution in [3.05, 3.63) is 34.9 Å². The highest BCUT2D eigenvalue weighted by Gasteiger charge is 2.20. The SMILES string of the molecule is CCNC(CCN1CCOCC1C)c1cccc(Cl)c1. The largest absolute Gasteiger partial charge is 0.379 e. The van der Waals surface area contributed by atoms with Crippen molar-refractivity contribution in [1.82, 2.24) is 10.2 Å². The Bertz CT molecular complexity index is 413. The molecule has 1 N–H and O–H groups in total. The van der Waals surface area contributed by atoms with Crippen LogP contribution in [0.5, 0.6) is 0 Å². The molecule has 1 aliphatic rings. The lowest BCUT2D eigenvalue weighted by Gasteiger charge is -2.34. The summed E-state index contributed by atoms with van der Waals surface area (Å²) in [5, 5.41) is 4.37. The van der Waals surface area contributed by atoms with Crippen molar-refractivity contribution in [2.45, 2.75) is 32.4 Å². The highest BCUT2D eigenvalue weighted by atomic mass is 35.5. The molecular weight excluding hydrogens is 272 g/mol. The zero-order chi connectivity index (χ0) is 14.4. The minimum atomic E-state index is 0.369. The van der Waals surface area contributed by atoms with Crippen LogP contribution in [0.2, 0.25) is 5.02 Å². The molecule has 112 valence electrons. The zero-order valence-corrected chi connectivity index (χ0v) is 13.2. The number of halogens is 1. The molecule has 2 rings (SSSR count). The molecule has 1 aromatic rings. The lowest BCUT2D eigenvalue weighted by Crippen LogP contribution is -2.44. The average molecular weight is 297 g/mol. The Kier molecular flexibility index (Phi) is 6.30. The Morgan fingerprint density at radius 1 is 1.50 bits per heavy atom. The summed E-state index contributed by atoms with van der Waals surface area (Å²) in [6.45, 7) is 9.19. The maximum Gasteiger partial charge on any atom is 0.0619 e. The van der Waals surface area contributed by atoms with Gasteiger partial charge < -0.3 is 10.1 Å². The molecule has 20 heavy (non-hydrogen) atoms. The molecule has 0 saturated carbocycles. The van der Waals surface area contributed by atoms with Crippen molar-refractivity contribution in [1.29, 1.82) is 0 Å². The van der Waals surface area contributed by atoms with Crippen molar-refractivity contribution < 1.29 is 4.74 Å². The van der Waals surface area contributed by atoms with E-state index in [4.69, 9.17) is 16.3 Å². The van der Waals surface area contributed by atoms with Gasteiger partial charge in [-0.2, -0.15) is 0 Å². The minimum absolute atomic E-state index is 0.369. The van der Waals surface area contributed by atoms with E-state index in [-0.39, 0.29) is 0 Å². The molecule has 1 saturated heterocycles. The molecule has 2 atom stereocenters. The summed E-state index contributed by atoms with van der Waals surface area (Å²) in [4.78, 5) is 2.51. The highest BCUT2D eigenvalue weighted by Crippen LogP contribution is 2.21. The van der Waals surface area contributed by atoms with Crippen molar-refractivity contribution in [3.63, 3.8) is 0 Å². The van der Waals surface area contributed by atoms with E-state index in [1.54, 1.807) is 0 Å². The van der Waals surface area contributed by atoms with Gasteiger partial charge in [0, 0.05) is 30.2 Å². The van der Waals surface area contributed by atoms with Gasteiger partial charge >= 0.3 is 0 Å². The van der Waals surface area contributed by atoms with Gasteiger partial charge in [0.05, 0.1) is 13.2 Å². The summed E-state index contributed by atoms with van der Waals surface area (Å²) in [6, 6.07) is 9.07. The Labute approximate surface area is 127 Å². The Balaban J connectivity index is 1.95. The van der Waals surface area contributed by atoms with E-state index in [0.717, 1.165) is 44.3 Å². The van der Waals surface area contributed by atoms with Gasteiger partial charge in [-0.1, -0.05) is 30.7 Å². The number of morpholine rings is 1. The van der Waals surface area contributed by atoms with Crippen LogP contribution in [-0.2, 0) is 4.74 Å². The number of hydrogen-bond acceptors (Lipinski definition) is 3. The average Bonchev–Trinajstić information content (AvgIpc) is 2.45. The monoisotopic (exact) mass is 296 g/mol. The molecule has 1 heterocycles. The van der Waals surface area contributed by atoms with Crippen LogP contribution in [0.3, 0.4) is 0 Å². The van der Waals surface area contributed by atoms with Gasteiger partial charge in [-0.25, -0.2) is 0 Å². The molecule has 0 amide bonds. The topological polar surface area (TPSA) is 24.5 Å². The van der Waals surface area contributed by atoms with E-state index in [1.165, 1.54) is 5.56 Å². The number of ether oxygens (including phenoxy) is 1. The fourth-order valence-corrected chi connectivity index (χ4v) is 2.94. The molecule has 1 aromatic carbocycles. The second-order valence-corrected chi connectivity index (χ2v) is 5.85. The molecule has 2 unspecified atom stereocenters. The van der Waals surface area contributed by atoms with E-state index < -0.39 is 0 Å². The summed E-state index contributed by atoms with van der Waals surface area (Å²) in [6.07, 6.45) is 1.10.